The first-order valence-electron chi connectivity index (χ1n) is 9.79. The lowest BCUT2D eigenvalue weighted by Gasteiger charge is -2.15. The summed E-state index contributed by atoms with van der Waals surface area (Å²) in [6.45, 7) is 1.84. The minimum absolute atomic E-state index is 0.225. The van der Waals surface area contributed by atoms with E-state index in [-0.39, 0.29) is 5.91 Å². The van der Waals surface area contributed by atoms with Crippen LogP contribution in [-0.4, -0.2) is 35.4 Å². The van der Waals surface area contributed by atoms with Gasteiger partial charge in [-0.2, -0.15) is 20.1 Å². The second-order valence-corrected chi connectivity index (χ2v) is 8.36. The van der Waals surface area contributed by atoms with Crippen molar-refractivity contribution >= 4 is 32.7 Å². The summed E-state index contributed by atoms with van der Waals surface area (Å²) in [6, 6.07) is 9.17. The largest absolute Gasteiger partial charge is 0.342 e. The smallest absolute Gasteiger partial charge is 0.252 e. The van der Waals surface area contributed by atoms with E-state index in [1.807, 2.05) is 23.7 Å². The Kier molecular flexibility index (Phi) is 4.75. The molecular weight excluding hydrogens is 460 g/mol. The SMILES string of the molecule is C[C@H](NC(=O)c1cc(Br)cc2c1cnn2C1CC1)c1ncnn1-c1ccc(C#N)cn1. The van der Waals surface area contributed by atoms with Crippen LogP contribution < -0.4 is 5.32 Å². The zero-order valence-electron chi connectivity index (χ0n) is 16.5. The van der Waals surface area contributed by atoms with Gasteiger partial charge in [-0.3, -0.25) is 9.48 Å². The van der Waals surface area contributed by atoms with Gasteiger partial charge in [-0.25, -0.2) is 9.97 Å². The molecule has 0 bridgehead atoms. The average Bonchev–Trinajstić information content (AvgIpc) is 3.33. The lowest BCUT2D eigenvalue weighted by Crippen LogP contribution is -2.29. The lowest BCUT2D eigenvalue weighted by molar-refractivity contribution is 0.0939. The van der Waals surface area contributed by atoms with Gasteiger partial charge in [0.05, 0.1) is 34.9 Å². The number of nitrogens with one attached hydrogen (secondary N) is 1. The van der Waals surface area contributed by atoms with Crippen molar-refractivity contribution < 1.29 is 4.79 Å². The van der Waals surface area contributed by atoms with Crippen LogP contribution in [-0.2, 0) is 0 Å². The highest BCUT2D eigenvalue weighted by Gasteiger charge is 2.27. The van der Waals surface area contributed by atoms with Crippen molar-refractivity contribution in [3.05, 3.63) is 64.4 Å². The number of hydrogen-bond acceptors (Lipinski definition) is 6. The number of hydrogen-bond donors (Lipinski definition) is 1. The Morgan fingerprint density at radius 1 is 1.26 bits per heavy atom. The van der Waals surface area contributed by atoms with Crippen molar-refractivity contribution in [3.63, 3.8) is 0 Å². The van der Waals surface area contributed by atoms with E-state index in [9.17, 15) is 4.79 Å². The van der Waals surface area contributed by atoms with Crippen LogP contribution in [0.5, 0.6) is 0 Å². The predicted molar refractivity (Wildman–Crippen MR) is 115 cm³/mol. The van der Waals surface area contributed by atoms with E-state index in [1.165, 1.54) is 12.5 Å². The second-order valence-electron chi connectivity index (χ2n) is 7.45. The standard InChI is InChI=1S/C21H17BrN8O/c1-12(20-25-11-27-30(20)19-5-2-13(8-23)9-24-19)28-21(31)16-6-14(22)7-18-17(16)10-26-29(18)15-3-4-15/h2,5-7,9-12,15H,3-4H2,1H3,(H,28,31)/t12-/m0/s1. The van der Waals surface area contributed by atoms with E-state index in [4.69, 9.17) is 5.26 Å². The summed E-state index contributed by atoms with van der Waals surface area (Å²) in [5.41, 5.74) is 1.95. The van der Waals surface area contributed by atoms with Crippen LogP contribution in [0.4, 0.5) is 0 Å². The number of carbonyl (C=O) groups excluding carboxylic acids is 1. The summed E-state index contributed by atoms with van der Waals surface area (Å²) in [5.74, 6) is 0.824. The molecule has 10 heteroatoms. The van der Waals surface area contributed by atoms with Gasteiger partial charge in [0.2, 0.25) is 0 Å². The van der Waals surface area contributed by atoms with Gasteiger partial charge in [0.25, 0.3) is 5.91 Å². The fourth-order valence-corrected chi connectivity index (χ4v) is 3.99. The molecule has 5 rings (SSSR count). The van der Waals surface area contributed by atoms with E-state index in [1.54, 1.807) is 29.1 Å². The maximum absolute atomic E-state index is 13.2. The van der Waals surface area contributed by atoms with Gasteiger partial charge in [-0.1, -0.05) is 15.9 Å². The number of rotatable bonds is 5. The molecule has 0 aliphatic heterocycles. The Balaban J connectivity index is 1.43. The maximum Gasteiger partial charge on any atom is 0.252 e. The molecule has 154 valence electrons. The summed E-state index contributed by atoms with van der Waals surface area (Å²) in [5, 5.41) is 21.5. The van der Waals surface area contributed by atoms with Crippen LogP contribution in [0.2, 0.25) is 0 Å². The number of carbonyl (C=O) groups is 1. The third-order valence-electron chi connectivity index (χ3n) is 5.22. The average molecular weight is 477 g/mol. The molecule has 3 aromatic heterocycles. The van der Waals surface area contributed by atoms with Crippen molar-refractivity contribution in [2.75, 3.05) is 0 Å². The summed E-state index contributed by atoms with van der Waals surface area (Å²) >= 11 is 3.52. The van der Waals surface area contributed by atoms with Crippen molar-refractivity contribution in [1.82, 2.24) is 34.8 Å². The van der Waals surface area contributed by atoms with E-state index >= 15 is 0 Å². The monoisotopic (exact) mass is 476 g/mol. The minimum atomic E-state index is -0.431. The number of pyridine rings is 1. The number of aromatic nitrogens is 6. The molecular formula is C21H17BrN8O. The van der Waals surface area contributed by atoms with Crippen molar-refractivity contribution in [3.8, 4) is 11.9 Å². The molecule has 0 unspecified atom stereocenters. The second kappa shape index (κ2) is 7.59. The summed E-state index contributed by atoms with van der Waals surface area (Å²) in [7, 11) is 0. The number of amides is 1. The fraction of sp³-hybridized carbons (Fsp3) is 0.238. The van der Waals surface area contributed by atoms with Gasteiger partial charge >= 0.3 is 0 Å². The number of nitrogens with zero attached hydrogens (tertiary/aromatic N) is 7. The third-order valence-corrected chi connectivity index (χ3v) is 5.68. The summed E-state index contributed by atoms with van der Waals surface area (Å²) < 4.78 is 4.37. The Morgan fingerprint density at radius 2 is 2.10 bits per heavy atom. The van der Waals surface area contributed by atoms with Crippen LogP contribution in [0.3, 0.4) is 0 Å². The van der Waals surface area contributed by atoms with Gasteiger partial charge < -0.3 is 5.32 Å². The molecule has 1 saturated carbocycles. The van der Waals surface area contributed by atoms with E-state index in [2.05, 4.69) is 41.4 Å². The van der Waals surface area contributed by atoms with Gasteiger partial charge in [0, 0.05) is 16.1 Å². The highest BCUT2D eigenvalue weighted by Crippen LogP contribution is 2.38. The Hall–Kier alpha value is -3.58. The molecule has 0 spiro atoms. The minimum Gasteiger partial charge on any atom is -0.342 e. The molecule has 1 aliphatic carbocycles. The molecule has 1 atom stereocenters. The first-order valence-corrected chi connectivity index (χ1v) is 10.6. The highest BCUT2D eigenvalue weighted by atomic mass is 79.9. The maximum atomic E-state index is 13.2. The molecule has 1 aromatic carbocycles. The van der Waals surface area contributed by atoms with Crippen LogP contribution in [0.15, 0.2) is 47.5 Å². The molecule has 3 heterocycles. The lowest BCUT2D eigenvalue weighted by atomic mass is 10.1. The molecule has 1 N–H and O–H groups in total. The number of fused-ring (bicyclic) bond motifs is 1. The molecule has 1 fully saturated rings. The molecule has 0 saturated heterocycles. The first-order chi connectivity index (χ1) is 15.0. The highest BCUT2D eigenvalue weighted by molar-refractivity contribution is 9.10. The Bertz CT molecular complexity index is 1330. The summed E-state index contributed by atoms with van der Waals surface area (Å²) in [4.78, 5) is 21.7. The third kappa shape index (κ3) is 3.57. The quantitative estimate of drug-likeness (QED) is 0.471. The van der Waals surface area contributed by atoms with Gasteiger partial charge in [0.1, 0.15) is 12.4 Å². The molecule has 1 amide bonds. The summed E-state index contributed by atoms with van der Waals surface area (Å²) in [6.07, 6.45) is 6.86. The number of benzene rings is 1. The van der Waals surface area contributed by atoms with Gasteiger partial charge in [-0.05, 0) is 44.0 Å². The van der Waals surface area contributed by atoms with E-state index < -0.39 is 6.04 Å². The number of halogens is 1. The Labute approximate surface area is 185 Å². The number of nitriles is 1. The fourth-order valence-electron chi connectivity index (χ4n) is 3.55. The van der Waals surface area contributed by atoms with Crippen molar-refractivity contribution in [1.29, 1.82) is 5.26 Å². The van der Waals surface area contributed by atoms with Crippen LogP contribution >= 0.6 is 15.9 Å². The molecule has 0 radical (unpaired) electrons. The zero-order valence-corrected chi connectivity index (χ0v) is 18.1. The van der Waals surface area contributed by atoms with Crippen LogP contribution in [0.1, 0.15) is 53.6 Å². The molecule has 31 heavy (non-hydrogen) atoms. The topological polar surface area (TPSA) is 114 Å². The van der Waals surface area contributed by atoms with Gasteiger partial charge in [0.15, 0.2) is 11.6 Å². The molecule has 4 aromatic rings. The van der Waals surface area contributed by atoms with Crippen LogP contribution in [0.25, 0.3) is 16.7 Å². The molecule has 9 nitrogen and oxygen atoms in total. The zero-order chi connectivity index (χ0) is 21.5. The Morgan fingerprint density at radius 3 is 2.81 bits per heavy atom. The van der Waals surface area contributed by atoms with E-state index in [0.717, 1.165) is 28.2 Å². The van der Waals surface area contributed by atoms with Crippen LogP contribution in [0, 0.1) is 11.3 Å². The first kappa shape index (κ1) is 19.4. The van der Waals surface area contributed by atoms with Crippen molar-refractivity contribution in [2.24, 2.45) is 0 Å². The van der Waals surface area contributed by atoms with Gasteiger partial charge in [-0.15, -0.1) is 0 Å². The predicted octanol–water partition coefficient (Wildman–Crippen LogP) is 3.47. The van der Waals surface area contributed by atoms with E-state index in [0.29, 0.717) is 28.8 Å². The molecule has 1 aliphatic rings. The van der Waals surface area contributed by atoms with Crippen molar-refractivity contribution in [2.45, 2.75) is 31.8 Å². The normalized spacial score (nSPS) is 14.4.